The number of hydrogen-bond acceptors (Lipinski definition) is 4. The summed E-state index contributed by atoms with van der Waals surface area (Å²) in [5, 5.41) is 17.3. The van der Waals surface area contributed by atoms with E-state index in [1.54, 1.807) is 0 Å². The molecule has 1 fully saturated rings. The smallest absolute Gasteiger partial charge is 0.243 e. The third-order valence-corrected chi connectivity index (χ3v) is 3.58. The zero-order chi connectivity index (χ0) is 12.5. The maximum absolute atomic E-state index is 9.48. The van der Waals surface area contributed by atoms with Crippen LogP contribution >= 0.6 is 0 Å². The van der Waals surface area contributed by atoms with E-state index in [1.807, 2.05) is 29.6 Å². The number of hydrogen-bond donors (Lipinski definition) is 2. The fourth-order valence-electron chi connectivity index (χ4n) is 2.50. The monoisotopic (exact) mass is 246 g/mol. The standard InChI is InChI=1S/C13H18N4O/c1-9-3-2-4-12-15-13(16-17(9)12)14-10-5-7-11(18)8-6-10/h2-4,10-11,18H,5-8H2,1H3,(H,14,16). The largest absolute Gasteiger partial charge is 0.393 e. The van der Waals surface area contributed by atoms with Crippen LogP contribution in [0.5, 0.6) is 0 Å². The van der Waals surface area contributed by atoms with Crippen molar-refractivity contribution in [2.24, 2.45) is 0 Å². The first kappa shape index (κ1) is 11.5. The molecule has 96 valence electrons. The number of anilines is 1. The van der Waals surface area contributed by atoms with Crippen LogP contribution in [0.4, 0.5) is 5.95 Å². The van der Waals surface area contributed by atoms with Gasteiger partial charge in [0.15, 0.2) is 5.65 Å². The molecule has 0 radical (unpaired) electrons. The second-order valence-electron chi connectivity index (χ2n) is 5.02. The Morgan fingerprint density at radius 1 is 1.28 bits per heavy atom. The van der Waals surface area contributed by atoms with Gasteiger partial charge in [-0.2, -0.15) is 4.98 Å². The first-order chi connectivity index (χ1) is 8.72. The van der Waals surface area contributed by atoms with Gasteiger partial charge in [0, 0.05) is 11.7 Å². The molecule has 0 aromatic carbocycles. The van der Waals surface area contributed by atoms with Gasteiger partial charge in [-0.1, -0.05) is 6.07 Å². The fourth-order valence-corrected chi connectivity index (χ4v) is 2.50. The van der Waals surface area contributed by atoms with Crippen LogP contribution in [0.15, 0.2) is 18.2 Å². The summed E-state index contributed by atoms with van der Waals surface area (Å²) in [5.41, 5.74) is 1.94. The van der Waals surface area contributed by atoms with Crippen LogP contribution in [0.1, 0.15) is 31.4 Å². The SMILES string of the molecule is Cc1cccc2nc(NC3CCC(O)CC3)nn12. The first-order valence-electron chi connectivity index (χ1n) is 6.49. The quantitative estimate of drug-likeness (QED) is 0.847. The number of fused-ring (bicyclic) bond motifs is 1. The van der Waals surface area contributed by atoms with Crippen molar-refractivity contribution in [3.8, 4) is 0 Å². The van der Waals surface area contributed by atoms with Gasteiger partial charge < -0.3 is 10.4 Å². The van der Waals surface area contributed by atoms with E-state index in [9.17, 15) is 5.11 Å². The van der Waals surface area contributed by atoms with Gasteiger partial charge in [0.05, 0.1) is 6.10 Å². The molecule has 5 nitrogen and oxygen atoms in total. The number of nitrogens with one attached hydrogen (secondary N) is 1. The van der Waals surface area contributed by atoms with E-state index in [2.05, 4.69) is 15.4 Å². The molecule has 0 amide bonds. The zero-order valence-electron chi connectivity index (χ0n) is 10.5. The van der Waals surface area contributed by atoms with Crippen molar-refractivity contribution in [3.63, 3.8) is 0 Å². The van der Waals surface area contributed by atoms with Gasteiger partial charge in [-0.3, -0.25) is 0 Å². The lowest BCUT2D eigenvalue weighted by Gasteiger charge is -2.25. The molecule has 2 aromatic rings. The Hall–Kier alpha value is -1.62. The van der Waals surface area contributed by atoms with E-state index in [1.165, 1.54) is 0 Å². The second kappa shape index (κ2) is 4.57. The Bertz CT molecular complexity index is 543. The predicted molar refractivity (Wildman–Crippen MR) is 69.6 cm³/mol. The fraction of sp³-hybridized carbons (Fsp3) is 0.538. The highest BCUT2D eigenvalue weighted by molar-refractivity contribution is 5.44. The highest BCUT2D eigenvalue weighted by Gasteiger charge is 2.20. The Balaban J connectivity index is 1.77. The van der Waals surface area contributed by atoms with Crippen molar-refractivity contribution in [1.29, 1.82) is 0 Å². The van der Waals surface area contributed by atoms with Gasteiger partial charge in [-0.15, -0.1) is 5.10 Å². The molecule has 0 unspecified atom stereocenters. The Morgan fingerprint density at radius 2 is 2.06 bits per heavy atom. The molecule has 0 saturated heterocycles. The van der Waals surface area contributed by atoms with Gasteiger partial charge in [0.2, 0.25) is 5.95 Å². The zero-order valence-corrected chi connectivity index (χ0v) is 10.5. The molecule has 5 heteroatoms. The van der Waals surface area contributed by atoms with Crippen molar-refractivity contribution < 1.29 is 5.11 Å². The van der Waals surface area contributed by atoms with E-state index < -0.39 is 0 Å². The molecule has 3 rings (SSSR count). The van der Waals surface area contributed by atoms with Crippen LogP contribution in [0.25, 0.3) is 5.65 Å². The normalized spacial score (nSPS) is 24.3. The third-order valence-electron chi connectivity index (χ3n) is 3.58. The van der Waals surface area contributed by atoms with E-state index in [0.717, 1.165) is 37.0 Å². The predicted octanol–water partition coefficient (Wildman–Crippen LogP) is 1.75. The highest BCUT2D eigenvalue weighted by atomic mass is 16.3. The van der Waals surface area contributed by atoms with Crippen LogP contribution < -0.4 is 5.32 Å². The average Bonchev–Trinajstić information content (AvgIpc) is 2.76. The molecule has 2 N–H and O–H groups in total. The van der Waals surface area contributed by atoms with Crippen LogP contribution in [0.3, 0.4) is 0 Å². The number of aryl methyl sites for hydroxylation is 1. The molecular weight excluding hydrogens is 228 g/mol. The molecule has 0 spiro atoms. The lowest BCUT2D eigenvalue weighted by molar-refractivity contribution is 0.126. The van der Waals surface area contributed by atoms with Crippen LogP contribution in [-0.4, -0.2) is 31.9 Å². The van der Waals surface area contributed by atoms with Crippen molar-refractivity contribution >= 4 is 11.6 Å². The summed E-state index contributed by atoms with van der Waals surface area (Å²) in [4.78, 5) is 4.46. The maximum Gasteiger partial charge on any atom is 0.243 e. The van der Waals surface area contributed by atoms with E-state index >= 15 is 0 Å². The molecule has 2 aromatic heterocycles. The average molecular weight is 246 g/mol. The van der Waals surface area contributed by atoms with E-state index in [4.69, 9.17) is 0 Å². The molecule has 1 aliphatic rings. The summed E-state index contributed by atoms with van der Waals surface area (Å²) in [7, 11) is 0. The molecule has 1 saturated carbocycles. The van der Waals surface area contributed by atoms with Crippen LogP contribution in [-0.2, 0) is 0 Å². The van der Waals surface area contributed by atoms with E-state index in [-0.39, 0.29) is 6.10 Å². The minimum atomic E-state index is -0.126. The van der Waals surface area contributed by atoms with Gasteiger partial charge in [0.25, 0.3) is 0 Å². The summed E-state index contributed by atoms with van der Waals surface area (Å²) < 4.78 is 1.85. The lowest BCUT2D eigenvalue weighted by atomic mass is 9.93. The van der Waals surface area contributed by atoms with Crippen molar-refractivity contribution in [2.45, 2.75) is 44.8 Å². The maximum atomic E-state index is 9.48. The molecule has 18 heavy (non-hydrogen) atoms. The highest BCUT2D eigenvalue weighted by Crippen LogP contribution is 2.21. The number of aliphatic hydroxyl groups is 1. The number of nitrogens with zero attached hydrogens (tertiary/aromatic N) is 3. The van der Waals surface area contributed by atoms with Gasteiger partial charge in [0.1, 0.15) is 0 Å². The lowest BCUT2D eigenvalue weighted by Crippen LogP contribution is -2.28. The van der Waals surface area contributed by atoms with Gasteiger partial charge >= 0.3 is 0 Å². The molecule has 0 aliphatic heterocycles. The minimum Gasteiger partial charge on any atom is -0.393 e. The Labute approximate surface area is 106 Å². The Morgan fingerprint density at radius 3 is 2.78 bits per heavy atom. The molecule has 0 atom stereocenters. The molecule has 2 heterocycles. The summed E-state index contributed by atoms with van der Waals surface area (Å²) in [6, 6.07) is 6.34. The van der Waals surface area contributed by atoms with Crippen LogP contribution in [0.2, 0.25) is 0 Å². The van der Waals surface area contributed by atoms with Crippen molar-refractivity contribution in [3.05, 3.63) is 23.9 Å². The van der Waals surface area contributed by atoms with Gasteiger partial charge in [-0.25, -0.2) is 4.52 Å². The number of pyridine rings is 1. The molecule has 1 aliphatic carbocycles. The molecule has 0 bridgehead atoms. The topological polar surface area (TPSA) is 62.5 Å². The summed E-state index contributed by atoms with van der Waals surface area (Å²) in [6.07, 6.45) is 3.57. The number of rotatable bonds is 2. The van der Waals surface area contributed by atoms with Gasteiger partial charge in [-0.05, 0) is 44.7 Å². The third kappa shape index (κ3) is 2.18. The second-order valence-corrected chi connectivity index (χ2v) is 5.02. The van der Waals surface area contributed by atoms with Crippen molar-refractivity contribution in [1.82, 2.24) is 14.6 Å². The van der Waals surface area contributed by atoms with Crippen LogP contribution in [0, 0.1) is 6.92 Å². The minimum absolute atomic E-state index is 0.126. The summed E-state index contributed by atoms with van der Waals surface area (Å²) >= 11 is 0. The Kier molecular flexibility index (Phi) is 2.91. The first-order valence-corrected chi connectivity index (χ1v) is 6.49. The van der Waals surface area contributed by atoms with Crippen molar-refractivity contribution in [2.75, 3.05) is 5.32 Å². The van der Waals surface area contributed by atoms with E-state index in [0.29, 0.717) is 12.0 Å². The number of aromatic nitrogens is 3. The molecular formula is C13H18N4O. The number of aliphatic hydroxyl groups excluding tert-OH is 1. The summed E-state index contributed by atoms with van der Waals surface area (Å²) in [6.45, 7) is 2.02. The summed E-state index contributed by atoms with van der Waals surface area (Å²) in [5.74, 6) is 0.686.